The molecule has 0 aliphatic heterocycles. The molecular weight excluding hydrogens is 1010 g/mol. The van der Waals surface area contributed by atoms with Crippen molar-refractivity contribution in [3.63, 3.8) is 0 Å². The van der Waals surface area contributed by atoms with Gasteiger partial charge in [-0.15, -0.1) is 0 Å². The molecule has 0 N–H and O–H groups in total. The molecule has 0 spiro atoms. The number of hydrogen-bond donors (Lipinski definition) is 0. The Bertz CT molecular complexity index is 1750. The first kappa shape index (κ1) is 76.7. The second kappa shape index (κ2) is 59.1. The summed E-state index contributed by atoms with van der Waals surface area (Å²) in [6.45, 7) is 9.33. The molecule has 0 saturated heterocycles. The fourth-order valence-electron chi connectivity index (χ4n) is 15.0. The first-order valence-electron chi connectivity index (χ1n) is 40.1. The van der Waals surface area contributed by atoms with E-state index in [1.165, 1.54) is 437 Å². The standard InChI is InChI=1S/C84H152/c1-5-9-13-17-21-25-29-33-37-41-45-49-53-57-61-65-71-77-78(72-66-62-58-54-50-46-42-38-34-30-26-22-18-14-10-6-2)80(74-68-64-60-56-52-48-44-40-36-32-28-24-20-16-12-8-4)84-82-76-70-69-75-81(82)83(84)79(77)73-67-63-59-55-51-47-43-39-35-31-27-23-19-15-11-7-3/h69-70,75-76H,5-68,71-74H2,1-4H3. The van der Waals surface area contributed by atoms with Crippen molar-refractivity contribution in [2.24, 2.45) is 0 Å². The zero-order valence-electron chi connectivity index (χ0n) is 58.4. The molecule has 1 aliphatic rings. The summed E-state index contributed by atoms with van der Waals surface area (Å²) < 4.78 is 0. The van der Waals surface area contributed by atoms with Crippen LogP contribution in [0.5, 0.6) is 0 Å². The first-order chi connectivity index (χ1) is 41.8. The maximum absolute atomic E-state index is 2.51. The van der Waals surface area contributed by atoms with Gasteiger partial charge in [-0.2, -0.15) is 0 Å². The maximum Gasteiger partial charge on any atom is -0.00611 e. The number of benzene rings is 2. The van der Waals surface area contributed by atoms with Gasteiger partial charge in [-0.05, 0) is 94.5 Å². The minimum atomic E-state index is 1.31. The average molecular weight is 1160 g/mol. The van der Waals surface area contributed by atoms with Crippen molar-refractivity contribution in [1.29, 1.82) is 0 Å². The molecule has 0 nitrogen and oxygen atoms in total. The summed E-state index contributed by atoms with van der Waals surface area (Å²) in [6.07, 6.45) is 98.2. The lowest BCUT2D eigenvalue weighted by Gasteiger charge is -2.25. The lowest BCUT2D eigenvalue weighted by molar-refractivity contribution is 0.526. The quantitative estimate of drug-likeness (QED) is 0.0494. The molecule has 0 heterocycles. The molecule has 0 saturated carbocycles. The highest BCUT2D eigenvalue weighted by Crippen LogP contribution is 2.34. The molecule has 0 radical (unpaired) electrons. The maximum atomic E-state index is 2.51. The van der Waals surface area contributed by atoms with E-state index in [2.05, 4.69) is 52.0 Å². The van der Waals surface area contributed by atoms with Crippen molar-refractivity contribution < 1.29 is 0 Å². The summed E-state index contributed by atoms with van der Waals surface area (Å²) in [4.78, 5) is 0. The molecule has 0 amide bonds. The van der Waals surface area contributed by atoms with E-state index in [0.29, 0.717) is 0 Å². The predicted molar refractivity (Wildman–Crippen MR) is 381 cm³/mol. The normalized spacial score (nSPS) is 12.0. The molecule has 0 heteroatoms. The minimum absolute atomic E-state index is 1.31. The van der Waals surface area contributed by atoms with Crippen molar-refractivity contribution in [3.8, 4) is 0 Å². The number of hydrogen-bond acceptors (Lipinski definition) is 0. The zero-order chi connectivity index (χ0) is 59.5. The Morgan fingerprint density at radius 1 is 0.155 bits per heavy atom. The van der Waals surface area contributed by atoms with Gasteiger partial charge in [-0.25, -0.2) is 0 Å². The average Bonchev–Trinajstić information content (AvgIpc) is 0.789. The Morgan fingerprint density at radius 2 is 0.286 bits per heavy atom. The molecule has 0 fully saturated rings. The van der Waals surface area contributed by atoms with Crippen LogP contribution in [0, 0.1) is 20.9 Å². The molecule has 0 unspecified atom stereocenters. The van der Waals surface area contributed by atoms with Crippen LogP contribution in [0.1, 0.15) is 461 Å². The monoisotopic (exact) mass is 1160 g/mol. The van der Waals surface area contributed by atoms with Crippen LogP contribution in [-0.2, 0) is 25.7 Å². The summed E-state index contributed by atoms with van der Waals surface area (Å²) in [7, 11) is 0. The third-order valence-electron chi connectivity index (χ3n) is 20.5. The van der Waals surface area contributed by atoms with Gasteiger partial charge >= 0.3 is 0 Å². The van der Waals surface area contributed by atoms with Gasteiger partial charge < -0.3 is 0 Å². The third-order valence-corrected chi connectivity index (χ3v) is 20.5. The molecule has 0 bridgehead atoms. The van der Waals surface area contributed by atoms with Crippen LogP contribution in [0.2, 0.25) is 0 Å². The lowest BCUT2D eigenvalue weighted by Crippen LogP contribution is -2.13. The first-order valence-corrected chi connectivity index (χ1v) is 40.1. The summed E-state index contributed by atoms with van der Waals surface area (Å²) in [5.74, 6) is 0. The molecule has 1 aliphatic carbocycles. The van der Waals surface area contributed by atoms with E-state index >= 15 is 0 Å². The number of fused-ring (bicyclic) bond motifs is 2. The highest BCUT2D eigenvalue weighted by Gasteiger charge is 2.21. The smallest absolute Gasteiger partial charge is 0.00611 e. The summed E-state index contributed by atoms with van der Waals surface area (Å²) in [5, 5.41) is 6.68. The van der Waals surface area contributed by atoms with E-state index in [1.807, 2.05) is 22.3 Å². The predicted octanol–water partition coefficient (Wildman–Crippen LogP) is 29.8. The molecule has 84 heavy (non-hydrogen) atoms. The largest absolute Gasteiger partial charge is 0.0654 e. The fourth-order valence-corrected chi connectivity index (χ4v) is 15.0. The highest BCUT2D eigenvalue weighted by molar-refractivity contribution is 5.49. The lowest BCUT2D eigenvalue weighted by atomic mass is 9.79. The molecular formula is C84H152. The van der Waals surface area contributed by atoms with Crippen LogP contribution >= 0.6 is 0 Å². The molecule has 488 valence electrons. The van der Waals surface area contributed by atoms with Gasteiger partial charge in [-0.3, -0.25) is 0 Å². The van der Waals surface area contributed by atoms with Gasteiger partial charge in [0.1, 0.15) is 0 Å². The van der Waals surface area contributed by atoms with Crippen molar-refractivity contribution in [2.75, 3.05) is 0 Å². The zero-order valence-corrected chi connectivity index (χ0v) is 58.4. The van der Waals surface area contributed by atoms with Gasteiger partial charge in [0.15, 0.2) is 0 Å². The Balaban J connectivity index is 1.65. The van der Waals surface area contributed by atoms with Gasteiger partial charge in [0.05, 0.1) is 0 Å². The Labute approximate surface area is 528 Å². The van der Waals surface area contributed by atoms with E-state index in [-0.39, 0.29) is 0 Å². The van der Waals surface area contributed by atoms with Crippen molar-refractivity contribution in [3.05, 3.63) is 67.4 Å². The summed E-state index contributed by atoms with van der Waals surface area (Å²) in [5.41, 5.74) is 7.42. The van der Waals surface area contributed by atoms with E-state index in [9.17, 15) is 0 Å². The highest BCUT2D eigenvalue weighted by atomic mass is 14.3. The topological polar surface area (TPSA) is 0 Å². The van der Waals surface area contributed by atoms with Gasteiger partial charge in [0.25, 0.3) is 0 Å². The Morgan fingerprint density at radius 3 is 0.440 bits per heavy atom. The number of unbranched alkanes of at least 4 members (excludes halogenated alkanes) is 60. The molecule has 2 aromatic rings. The molecule has 2 aromatic carbocycles. The third kappa shape index (κ3) is 39.4. The van der Waals surface area contributed by atoms with Crippen LogP contribution in [-0.4, -0.2) is 0 Å². The van der Waals surface area contributed by atoms with E-state index < -0.39 is 0 Å². The van der Waals surface area contributed by atoms with Gasteiger partial charge in [0, 0.05) is 0 Å². The van der Waals surface area contributed by atoms with Crippen molar-refractivity contribution in [2.45, 2.75) is 464 Å². The van der Waals surface area contributed by atoms with Crippen LogP contribution in [0.4, 0.5) is 0 Å². The second-order valence-corrected chi connectivity index (χ2v) is 28.4. The van der Waals surface area contributed by atoms with Crippen molar-refractivity contribution >= 4 is 0 Å². The van der Waals surface area contributed by atoms with Crippen molar-refractivity contribution in [1.82, 2.24) is 0 Å². The fraction of sp³-hybridized carbons (Fsp3) is 0.857. The van der Waals surface area contributed by atoms with Crippen LogP contribution in [0.3, 0.4) is 0 Å². The van der Waals surface area contributed by atoms with E-state index in [4.69, 9.17) is 0 Å². The summed E-state index contributed by atoms with van der Waals surface area (Å²) in [6, 6.07) is 9.74. The van der Waals surface area contributed by atoms with E-state index in [0.717, 1.165) is 0 Å². The van der Waals surface area contributed by atoms with Gasteiger partial charge in [-0.1, -0.05) is 437 Å². The minimum Gasteiger partial charge on any atom is -0.0654 e. The molecule has 0 aromatic heterocycles. The van der Waals surface area contributed by atoms with Gasteiger partial charge in [0.2, 0.25) is 0 Å². The second-order valence-electron chi connectivity index (χ2n) is 28.4. The summed E-state index contributed by atoms with van der Waals surface area (Å²) >= 11 is 0. The molecule has 0 atom stereocenters. The SMILES string of the molecule is CCCCCCCCCCCCCCCCCCc1c(CCCCCCCCCCCCCCCCCC)c(CCCCCCCCCCCCCCCCCC)c2c(c1CCCCCCCCCCCCCCCCCC)=c1ccccc1=2. The van der Waals surface area contributed by atoms with E-state index in [1.54, 1.807) is 20.9 Å². The van der Waals surface area contributed by atoms with Crippen LogP contribution in [0.15, 0.2) is 24.3 Å². The Hall–Kier alpha value is -1.56. The van der Waals surface area contributed by atoms with Crippen LogP contribution in [0.25, 0.3) is 0 Å². The van der Waals surface area contributed by atoms with Crippen LogP contribution < -0.4 is 0 Å². The number of rotatable bonds is 68. The Kier molecular flexibility index (Phi) is 53.9. The molecule has 3 rings (SSSR count).